The Morgan fingerprint density at radius 1 is 1.11 bits per heavy atom. The number of rotatable bonds is 2. The summed E-state index contributed by atoms with van der Waals surface area (Å²) in [5.41, 5.74) is 1.43. The molecule has 2 aromatic rings. The van der Waals surface area contributed by atoms with Crippen molar-refractivity contribution < 1.29 is 13.6 Å². The number of aromatic nitrogens is 2. The van der Waals surface area contributed by atoms with E-state index >= 15 is 0 Å². The first-order chi connectivity index (χ1) is 13.4. The zero-order valence-electron chi connectivity index (χ0n) is 16.1. The van der Waals surface area contributed by atoms with E-state index in [2.05, 4.69) is 29.4 Å². The van der Waals surface area contributed by atoms with Crippen LogP contribution in [0.5, 0.6) is 0 Å². The van der Waals surface area contributed by atoms with Gasteiger partial charge in [-0.3, -0.25) is 4.79 Å². The average molecular weight is 383 g/mol. The highest BCUT2D eigenvalue weighted by molar-refractivity contribution is 5.82. The van der Waals surface area contributed by atoms with Gasteiger partial charge < -0.3 is 5.32 Å². The summed E-state index contributed by atoms with van der Waals surface area (Å²) < 4.78 is 28.6. The normalized spacial score (nSPS) is 30.2. The molecule has 1 amide bonds. The van der Waals surface area contributed by atoms with Crippen LogP contribution < -0.4 is 5.32 Å². The maximum absolute atomic E-state index is 14.3. The van der Waals surface area contributed by atoms with Crippen LogP contribution >= 0.6 is 0 Å². The van der Waals surface area contributed by atoms with Crippen LogP contribution in [0.15, 0.2) is 24.3 Å². The van der Waals surface area contributed by atoms with Crippen LogP contribution in [0.25, 0.3) is 11.3 Å². The number of nitrogens with one attached hydrogen (secondary N) is 1. The predicted octanol–water partition coefficient (Wildman–Crippen LogP) is 4.10. The zero-order valence-corrected chi connectivity index (χ0v) is 16.1. The number of hydrogen-bond acceptors (Lipinski definition) is 3. The molecular formula is C22H23F2N3O. The van der Waals surface area contributed by atoms with Gasteiger partial charge in [-0.05, 0) is 60.8 Å². The Morgan fingerprint density at radius 3 is 2.57 bits per heavy atom. The van der Waals surface area contributed by atoms with Crippen LogP contribution in [0, 0.1) is 23.0 Å². The third-order valence-electron chi connectivity index (χ3n) is 7.57. The summed E-state index contributed by atoms with van der Waals surface area (Å²) in [6.07, 6.45) is 3.65. The number of piperidine rings is 1. The van der Waals surface area contributed by atoms with Gasteiger partial charge in [0, 0.05) is 17.9 Å². The Balaban J connectivity index is 1.68. The van der Waals surface area contributed by atoms with E-state index in [1.165, 1.54) is 18.2 Å². The average Bonchev–Trinajstić information content (AvgIpc) is 3.03. The van der Waals surface area contributed by atoms with Crippen molar-refractivity contribution in [1.29, 1.82) is 0 Å². The maximum Gasteiger partial charge on any atom is 0.224 e. The smallest absolute Gasteiger partial charge is 0.224 e. The van der Waals surface area contributed by atoms with Crippen LogP contribution in [0.4, 0.5) is 8.78 Å². The predicted molar refractivity (Wildman–Crippen MR) is 101 cm³/mol. The molecule has 2 fully saturated rings. The highest BCUT2D eigenvalue weighted by Crippen LogP contribution is 2.70. The lowest BCUT2D eigenvalue weighted by atomic mass is 9.59. The van der Waals surface area contributed by atoms with E-state index in [1.807, 2.05) is 0 Å². The number of fused-ring (bicyclic) bond motifs is 5. The van der Waals surface area contributed by atoms with Gasteiger partial charge in [0.1, 0.15) is 11.6 Å². The second-order valence-electron chi connectivity index (χ2n) is 8.90. The van der Waals surface area contributed by atoms with Crippen molar-refractivity contribution in [1.82, 2.24) is 15.5 Å². The van der Waals surface area contributed by atoms with Crippen molar-refractivity contribution in [3.05, 3.63) is 47.2 Å². The lowest BCUT2D eigenvalue weighted by Gasteiger charge is -2.44. The molecule has 2 aliphatic carbocycles. The Hall–Kier alpha value is -2.37. The molecule has 4 nitrogen and oxygen atoms in total. The fraction of sp³-hybridized carbons (Fsp3) is 0.500. The van der Waals surface area contributed by atoms with Crippen LogP contribution in [0.1, 0.15) is 56.7 Å². The molecule has 28 heavy (non-hydrogen) atoms. The van der Waals surface area contributed by atoms with Gasteiger partial charge in [0.25, 0.3) is 0 Å². The summed E-state index contributed by atoms with van der Waals surface area (Å²) in [4.78, 5) is 12.8. The Kier molecular flexibility index (Phi) is 3.68. The maximum atomic E-state index is 14.3. The van der Waals surface area contributed by atoms with Crippen LogP contribution in [-0.4, -0.2) is 22.6 Å². The van der Waals surface area contributed by atoms with Gasteiger partial charge in [0.15, 0.2) is 0 Å². The van der Waals surface area contributed by atoms with Gasteiger partial charge in [-0.2, -0.15) is 10.2 Å². The molecule has 0 spiro atoms. The van der Waals surface area contributed by atoms with Crippen molar-refractivity contribution >= 4 is 5.91 Å². The molecule has 1 saturated heterocycles. The van der Waals surface area contributed by atoms with E-state index in [9.17, 15) is 13.6 Å². The molecule has 1 aromatic heterocycles. The highest BCUT2D eigenvalue weighted by atomic mass is 19.1. The summed E-state index contributed by atoms with van der Waals surface area (Å²) in [6, 6.07) is 5.61. The molecule has 1 N–H and O–H groups in total. The van der Waals surface area contributed by atoms with Gasteiger partial charge in [0.05, 0.1) is 17.0 Å². The lowest BCUT2D eigenvalue weighted by molar-refractivity contribution is -0.131. The largest absolute Gasteiger partial charge is 0.356 e. The van der Waals surface area contributed by atoms with Gasteiger partial charge in [-0.1, -0.05) is 19.9 Å². The van der Waals surface area contributed by atoms with E-state index in [4.69, 9.17) is 0 Å². The third-order valence-corrected chi connectivity index (χ3v) is 7.57. The Labute approximate surface area is 162 Å². The number of amides is 1. The molecule has 2 heterocycles. The first-order valence-corrected chi connectivity index (χ1v) is 9.98. The number of benzene rings is 1. The molecule has 1 aromatic carbocycles. The van der Waals surface area contributed by atoms with E-state index in [0.29, 0.717) is 0 Å². The number of carbonyl (C=O) groups is 1. The number of nitrogens with zero attached hydrogens (tertiary/aromatic N) is 2. The summed E-state index contributed by atoms with van der Waals surface area (Å²) in [6.45, 7) is 5.13. The summed E-state index contributed by atoms with van der Waals surface area (Å²) >= 11 is 0. The quantitative estimate of drug-likeness (QED) is 0.849. The van der Waals surface area contributed by atoms with Gasteiger partial charge in [0.2, 0.25) is 5.91 Å². The minimum atomic E-state index is -0.641. The lowest BCUT2D eigenvalue weighted by Crippen LogP contribution is -2.52. The van der Waals surface area contributed by atoms with Crippen molar-refractivity contribution in [2.24, 2.45) is 11.3 Å². The monoisotopic (exact) mass is 383 g/mol. The molecule has 3 aliphatic rings. The molecule has 3 atom stereocenters. The molecule has 1 saturated carbocycles. The summed E-state index contributed by atoms with van der Waals surface area (Å²) in [7, 11) is 0. The molecule has 0 radical (unpaired) electrons. The molecule has 6 heteroatoms. The Morgan fingerprint density at radius 2 is 1.86 bits per heavy atom. The SMILES string of the molecule is CC1(C)[C@H]2CC[C@]1([C@@H]1CCCNC1=O)c1nnc(-c3c(F)cccc3F)cc12. The molecule has 5 rings (SSSR count). The molecular weight excluding hydrogens is 360 g/mol. The topological polar surface area (TPSA) is 54.9 Å². The van der Waals surface area contributed by atoms with E-state index < -0.39 is 11.6 Å². The summed E-state index contributed by atoms with van der Waals surface area (Å²) in [5.74, 6) is -1.11. The Bertz CT molecular complexity index is 969. The summed E-state index contributed by atoms with van der Waals surface area (Å²) in [5, 5.41) is 11.8. The zero-order chi connectivity index (χ0) is 19.7. The standard InChI is InChI=1S/C22H23F2N3O/c1-21(2)13-8-9-22(21,14-5-4-10-25-20(14)28)19-12(13)11-17(26-27-19)18-15(23)6-3-7-16(18)24/h3,6-7,11,13-14H,4-5,8-10H2,1-2H3,(H,25,28)/t13-,14+,22-/m0/s1. The molecule has 146 valence electrons. The minimum Gasteiger partial charge on any atom is -0.356 e. The molecule has 2 bridgehead atoms. The van der Waals surface area contributed by atoms with Crippen molar-refractivity contribution in [3.63, 3.8) is 0 Å². The number of halogens is 2. The molecule has 1 aliphatic heterocycles. The fourth-order valence-electron chi connectivity index (χ4n) is 6.25. The first kappa shape index (κ1) is 17.7. The second kappa shape index (κ2) is 5.82. The van der Waals surface area contributed by atoms with Gasteiger partial charge in [-0.25, -0.2) is 8.78 Å². The number of carbonyl (C=O) groups excluding carboxylic acids is 1. The minimum absolute atomic E-state index is 0.0962. The van der Waals surface area contributed by atoms with E-state index in [0.717, 1.165) is 43.5 Å². The van der Waals surface area contributed by atoms with Crippen LogP contribution in [0.3, 0.4) is 0 Å². The molecule has 0 unspecified atom stereocenters. The van der Waals surface area contributed by atoms with Crippen LogP contribution in [0.2, 0.25) is 0 Å². The van der Waals surface area contributed by atoms with Gasteiger partial charge >= 0.3 is 0 Å². The third kappa shape index (κ3) is 2.06. The van der Waals surface area contributed by atoms with Crippen molar-refractivity contribution in [2.45, 2.75) is 50.9 Å². The van der Waals surface area contributed by atoms with Crippen LogP contribution in [-0.2, 0) is 10.2 Å². The second-order valence-corrected chi connectivity index (χ2v) is 8.90. The van der Waals surface area contributed by atoms with E-state index in [1.54, 1.807) is 6.07 Å². The highest BCUT2D eigenvalue weighted by Gasteiger charge is 2.67. The van der Waals surface area contributed by atoms with Gasteiger partial charge in [-0.15, -0.1) is 0 Å². The van der Waals surface area contributed by atoms with Crippen molar-refractivity contribution in [3.8, 4) is 11.3 Å². The fourth-order valence-corrected chi connectivity index (χ4v) is 6.25. The van der Waals surface area contributed by atoms with E-state index in [-0.39, 0.29) is 39.8 Å². The first-order valence-electron chi connectivity index (χ1n) is 9.98. The number of hydrogen-bond donors (Lipinski definition) is 1. The van der Waals surface area contributed by atoms with Crippen molar-refractivity contribution in [2.75, 3.05) is 6.54 Å².